The number of hydrogen-bond donors (Lipinski definition) is 4. The second-order valence-electron chi connectivity index (χ2n) is 8.46. The molecule has 1 aliphatic heterocycles. The van der Waals surface area contributed by atoms with Gasteiger partial charge in [0, 0.05) is 6.54 Å². The maximum atomic E-state index is 12.9. The van der Waals surface area contributed by atoms with Crippen molar-refractivity contribution in [3.63, 3.8) is 0 Å². The SMILES string of the molecule is CC(C)C[C@H](NC(=O)[C@@H]1CCCN1C(=O)CNC(=O)OCc1ccccc1)C(=O)NCC(=O)O. The third kappa shape index (κ3) is 8.72. The first-order valence-electron chi connectivity index (χ1n) is 11.2. The minimum Gasteiger partial charge on any atom is -0.480 e. The van der Waals surface area contributed by atoms with Crippen molar-refractivity contribution in [2.75, 3.05) is 19.6 Å². The number of ether oxygens (including phenoxy) is 1. The van der Waals surface area contributed by atoms with E-state index in [0.29, 0.717) is 25.8 Å². The van der Waals surface area contributed by atoms with Crippen molar-refractivity contribution in [3.05, 3.63) is 35.9 Å². The number of carboxylic acids is 1. The van der Waals surface area contributed by atoms with E-state index in [4.69, 9.17) is 9.84 Å². The van der Waals surface area contributed by atoms with Crippen LogP contribution < -0.4 is 16.0 Å². The number of benzene rings is 1. The van der Waals surface area contributed by atoms with E-state index in [1.165, 1.54) is 4.90 Å². The third-order valence-electron chi connectivity index (χ3n) is 5.23. The third-order valence-corrected chi connectivity index (χ3v) is 5.23. The Morgan fingerprint density at radius 3 is 2.44 bits per heavy atom. The zero-order valence-electron chi connectivity index (χ0n) is 19.4. The molecule has 186 valence electrons. The number of carbonyl (C=O) groups excluding carboxylic acids is 4. The van der Waals surface area contributed by atoms with Crippen LogP contribution >= 0.6 is 0 Å². The highest BCUT2D eigenvalue weighted by Crippen LogP contribution is 2.18. The summed E-state index contributed by atoms with van der Waals surface area (Å²) < 4.78 is 5.08. The number of amides is 4. The van der Waals surface area contributed by atoms with Crippen molar-refractivity contribution in [1.29, 1.82) is 0 Å². The van der Waals surface area contributed by atoms with Gasteiger partial charge in [-0.05, 0) is 30.7 Å². The Labute approximate surface area is 198 Å². The number of nitrogens with zero attached hydrogens (tertiary/aromatic N) is 1. The highest BCUT2D eigenvalue weighted by molar-refractivity contribution is 5.93. The quantitative estimate of drug-likeness (QED) is 0.365. The lowest BCUT2D eigenvalue weighted by molar-refractivity contribution is -0.140. The summed E-state index contributed by atoms with van der Waals surface area (Å²) in [5, 5.41) is 16.1. The largest absolute Gasteiger partial charge is 0.480 e. The van der Waals surface area contributed by atoms with E-state index in [2.05, 4.69) is 16.0 Å². The van der Waals surface area contributed by atoms with Gasteiger partial charge in [0.05, 0.1) is 0 Å². The van der Waals surface area contributed by atoms with Gasteiger partial charge >= 0.3 is 12.1 Å². The highest BCUT2D eigenvalue weighted by atomic mass is 16.5. The molecule has 0 unspecified atom stereocenters. The second kappa shape index (κ2) is 13.2. The van der Waals surface area contributed by atoms with E-state index in [1.54, 1.807) is 12.1 Å². The average Bonchev–Trinajstić information content (AvgIpc) is 3.29. The fourth-order valence-electron chi connectivity index (χ4n) is 3.62. The van der Waals surface area contributed by atoms with Gasteiger partial charge in [0.15, 0.2) is 0 Å². The number of alkyl carbamates (subject to hydrolysis) is 1. The molecular formula is C23H32N4O7. The predicted octanol–water partition coefficient (Wildman–Crippen LogP) is 0.636. The maximum Gasteiger partial charge on any atom is 0.407 e. The summed E-state index contributed by atoms with van der Waals surface area (Å²) in [7, 11) is 0. The van der Waals surface area contributed by atoms with Crippen LogP contribution in [-0.4, -0.2) is 71.5 Å². The molecule has 2 rings (SSSR count). The molecule has 1 aliphatic rings. The molecule has 1 aromatic rings. The van der Waals surface area contributed by atoms with Gasteiger partial charge in [-0.15, -0.1) is 0 Å². The van der Waals surface area contributed by atoms with Crippen LogP contribution in [0.1, 0.15) is 38.7 Å². The van der Waals surface area contributed by atoms with Crippen LogP contribution in [0.2, 0.25) is 0 Å². The number of likely N-dealkylation sites (tertiary alicyclic amines) is 1. The van der Waals surface area contributed by atoms with Crippen molar-refractivity contribution in [3.8, 4) is 0 Å². The van der Waals surface area contributed by atoms with Crippen LogP contribution in [0.5, 0.6) is 0 Å². The molecule has 4 N–H and O–H groups in total. The summed E-state index contributed by atoms with van der Waals surface area (Å²) in [4.78, 5) is 61.9. The lowest BCUT2D eigenvalue weighted by Crippen LogP contribution is -2.54. The number of carboxylic acid groups (broad SMARTS) is 1. The van der Waals surface area contributed by atoms with Crippen LogP contribution in [0.25, 0.3) is 0 Å². The minimum atomic E-state index is -1.19. The molecule has 1 heterocycles. The number of hydrogen-bond acceptors (Lipinski definition) is 6. The first-order valence-corrected chi connectivity index (χ1v) is 11.2. The van der Waals surface area contributed by atoms with E-state index in [-0.39, 0.29) is 19.1 Å². The molecule has 0 aromatic heterocycles. The van der Waals surface area contributed by atoms with Crippen molar-refractivity contribution < 1.29 is 33.8 Å². The van der Waals surface area contributed by atoms with E-state index in [9.17, 15) is 24.0 Å². The van der Waals surface area contributed by atoms with E-state index in [1.807, 2.05) is 32.0 Å². The molecule has 34 heavy (non-hydrogen) atoms. The Balaban J connectivity index is 1.88. The Morgan fingerprint density at radius 1 is 1.09 bits per heavy atom. The summed E-state index contributed by atoms with van der Waals surface area (Å²) in [6.07, 6.45) is 0.584. The fourth-order valence-corrected chi connectivity index (χ4v) is 3.62. The van der Waals surface area contributed by atoms with E-state index in [0.717, 1.165) is 5.56 Å². The number of rotatable bonds is 11. The van der Waals surface area contributed by atoms with Crippen LogP contribution in [0.15, 0.2) is 30.3 Å². The van der Waals surface area contributed by atoms with Gasteiger partial charge in [-0.25, -0.2) is 4.79 Å². The topological polar surface area (TPSA) is 154 Å². The number of carbonyl (C=O) groups is 5. The molecule has 0 saturated carbocycles. The molecule has 0 radical (unpaired) electrons. The molecule has 1 saturated heterocycles. The van der Waals surface area contributed by atoms with Crippen LogP contribution in [0.4, 0.5) is 4.79 Å². The van der Waals surface area contributed by atoms with Crippen LogP contribution in [0.3, 0.4) is 0 Å². The number of aliphatic carboxylic acids is 1. The molecule has 0 aliphatic carbocycles. The number of nitrogens with one attached hydrogen (secondary N) is 3. The van der Waals surface area contributed by atoms with Crippen molar-refractivity contribution in [2.24, 2.45) is 5.92 Å². The molecule has 2 atom stereocenters. The summed E-state index contributed by atoms with van der Waals surface area (Å²) in [6.45, 7) is 3.28. The van der Waals surface area contributed by atoms with Crippen molar-refractivity contribution in [2.45, 2.75) is 51.8 Å². The van der Waals surface area contributed by atoms with Gasteiger partial charge in [0.2, 0.25) is 17.7 Å². The van der Waals surface area contributed by atoms with Crippen molar-refractivity contribution >= 4 is 29.8 Å². The lowest BCUT2D eigenvalue weighted by atomic mass is 10.0. The van der Waals surface area contributed by atoms with Gasteiger partial charge < -0.3 is 30.7 Å². The molecule has 0 spiro atoms. The fraction of sp³-hybridized carbons (Fsp3) is 0.522. The van der Waals surface area contributed by atoms with Gasteiger partial charge in [0.25, 0.3) is 0 Å². The standard InChI is InChI=1S/C23H32N4O7/c1-15(2)11-17(21(31)24-13-20(29)30)26-22(32)18-9-6-10-27(18)19(28)12-25-23(33)34-14-16-7-4-3-5-8-16/h3-5,7-8,15,17-18H,6,9-14H2,1-2H3,(H,24,31)(H,25,33)(H,26,32)(H,29,30)/t17-,18-/m0/s1. The second-order valence-corrected chi connectivity index (χ2v) is 8.46. The summed E-state index contributed by atoms with van der Waals surface area (Å²) in [5.41, 5.74) is 0.809. The Morgan fingerprint density at radius 2 is 1.79 bits per heavy atom. The maximum absolute atomic E-state index is 12.9. The van der Waals surface area contributed by atoms with E-state index >= 15 is 0 Å². The van der Waals surface area contributed by atoms with Crippen LogP contribution in [0, 0.1) is 5.92 Å². The van der Waals surface area contributed by atoms with Crippen LogP contribution in [-0.2, 0) is 30.5 Å². The molecule has 0 bridgehead atoms. The van der Waals surface area contributed by atoms with Gasteiger partial charge in [-0.3, -0.25) is 19.2 Å². The van der Waals surface area contributed by atoms with E-state index < -0.39 is 48.4 Å². The van der Waals surface area contributed by atoms with Gasteiger partial charge in [-0.1, -0.05) is 44.2 Å². The summed E-state index contributed by atoms with van der Waals surface area (Å²) in [6, 6.07) is 7.39. The first-order chi connectivity index (χ1) is 16.2. The molecule has 1 aromatic carbocycles. The normalized spacial score (nSPS) is 16.0. The zero-order chi connectivity index (χ0) is 25.1. The smallest absolute Gasteiger partial charge is 0.407 e. The zero-order valence-corrected chi connectivity index (χ0v) is 19.4. The van der Waals surface area contributed by atoms with Gasteiger partial charge in [-0.2, -0.15) is 0 Å². The average molecular weight is 477 g/mol. The highest BCUT2D eigenvalue weighted by Gasteiger charge is 2.36. The lowest BCUT2D eigenvalue weighted by Gasteiger charge is -2.27. The first kappa shape index (κ1) is 26.6. The molecule has 4 amide bonds. The predicted molar refractivity (Wildman–Crippen MR) is 121 cm³/mol. The molecule has 1 fully saturated rings. The Bertz CT molecular complexity index is 875. The van der Waals surface area contributed by atoms with Crippen molar-refractivity contribution in [1.82, 2.24) is 20.9 Å². The van der Waals surface area contributed by atoms with Gasteiger partial charge in [0.1, 0.15) is 31.8 Å². The molecular weight excluding hydrogens is 444 g/mol. The summed E-state index contributed by atoms with van der Waals surface area (Å²) >= 11 is 0. The molecule has 11 heteroatoms. The Kier molecular flexibility index (Phi) is 10.3. The Hall–Kier alpha value is -3.63. The monoisotopic (exact) mass is 476 g/mol. The minimum absolute atomic E-state index is 0.0632. The molecule has 11 nitrogen and oxygen atoms in total. The summed E-state index contributed by atoms with van der Waals surface area (Å²) in [5.74, 6) is -2.65.